The molecule has 0 amide bonds. The standard InChI is InChI=1S/C18H15F3N4O6/c1-10(2-3-11-4-5-15-16(6-11)31-9-30-15)22-23-17-13(24(26)27)7-12(18(19,20)21)8-14(17)25(28)29/h4-8,23H,2-3,9H2,1H3/b22-10-. The predicted molar refractivity (Wildman–Crippen MR) is 102 cm³/mol. The van der Waals surface area contributed by atoms with Crippen LogP contribution in [0, 0.1) is 20.2 Å². The molecule has 0 saturated heterocycles. The lowest BCUT2D eigenvalue weighted by atomic mass is 10.1. The molecule has 1 aliphatic heterocycles. The van der Waals surface area contributed by atoms with Crippen molar-refractivity contribution in [3.8, 4) is 11.5 Å². The third-order valence-electron chi connectivity index (χ3n) is 4.39. The summed E-state index contributed by atoms with van der Waals surface area (Å²) in [6.45, 7) is 1.70. The van der Waals surface area contributed by atoms with Crippen molar-refractivity contribution in [2.75, 3.05) is 12.2 Å². The van der Waals surface area contributed by atoms with E-state index in [2.05, 4.69) is 10.5 Å². The molecule has 0 fully saturated rings. The Morgan fingerprint density at radius 1 is 1.10 bits per heavy atom. The highest BCUT2D eigenvalue weighted by Gasteiger charge is 2.37. The highest BCUT2D eigenvalue weighted by Crippen LogP contribution is 2.41. The van der Waals surface area contributed by atoms with Crippen LogP contribution >= 0.6 is 0 Å². The first-order valence-electron chi connectivity index (χ1n) is 8.78. The molecule has 0 bridgehead atoms. The number of nitro groups is 2. The number of alkyl halides is 3. The van der Waals surface area contributed by atoms with Crippen LogP contribution in [0.2, 0.25) is 0 Å². The molecule has 0 unspecified atom stereocenters. The number of ether oxygens (including phenoxy) is 2. The van der Waals surface area contributed by atoms with Crippen molar-refractivity contribution in [3.63, 3.8) is 0 Å². The summed E-state index contributed by atoms with van der Waals surface area (Å²) < 4.78 is 49.4. The summed E-state index contributed by atoms with van der Waals surface area (Å²) in [7, 11) is 0. The summed E-state index contributed by atoms with van der Waals surface area (Å²) in [6, 6.07) is 5.81. The first-order valence-corrected chi connectivity index (χ1v) is 8.78. The fourth-order valence-corrected chi connectivity index (χ4v) is 2.81. The molecule has 0 saturated carbocycles. The van der Waals surface area contributed by atoms with E-state index in [1.165, 1.54) is 0 Å². The van der Waals surface area contributed by atoms with E-state index >= 15 is 0 Å². The highest BCUT2D eigenvalue weighted by atomic mass is 19.4. The number of anilines is 1. The number of nitrogens with one attached hydrogen (secondary N) is 1. The molecular formula is C18H15F3N4O6. The van der Waals surface area contributed by atoms with Crippen LogP contribution in [0.25, 0.3) is 0 Å². The maximum atomic E-state index is 13.0. The summed E-state index contributed by atoms with van der Waals surface area (Å²) in [5.41, 5.74) is -0.932. The molecular weight excluding hydrogens is 425 g/mol. The van der Waals surface area contributed by atoms with Gasteiger partial charge in [0.1, 0.15) is 0 Å². The van der Waals surface area contributed by atoms with E-state index in [4.69, 9.17) is 9.47 Å². The van der Waals surface area contributed by atoms with Crippen LogP contribution in [0.1, 0.15) is 24.5 Å². The third-order valence-corrected chi connectivity index (χ3v) is 4.39. The van der Waals surface area contributed by atoms with Crippen molar-refractivity contribution in [1.82, 2.24) is 0 Å². The average molecular weight is 440 g/mol. The lowest BCUT2D eigenvalue weighted by Gasteiger charge is -2.10. The lowest BCUT2D eigenvalue weighted by molar-refractivity contribution is -0.392. The minimum Gasteiger partial charge on any atom is -0.454 e. The molecule has 31 heavy (non-hydrogen) atoms. The van der Waals surface area contributed by atoms with Crippen LogP contribution in [-0.4, -0.2) is 22.4 Å². The fourth-order valence-electron chi connectivity index (χ4n) is 2.81. The Morgan fingerprint density at radius 2 is 1.71 bits per heavy atom. The largest absolute Gasteiger partial charge is 0.454 e. The smallest absolute Gasteiger partial charge is 0.416 e. The molecule has 0 spiro atoms. The Balaban J connectivity index is 1.81. The van der Waals surface area contributed by atoms with Crippen LogP contribution in [0.5, 0.6) is 11.5 Å². The molecule has 0 radical (unpaired) electrons. The number of halogens is 3. The summed E-state index contributed by atoms with van der Waals surface area (Å²) in [4.78, 5) is 20.2. The highest BCUT2D eigenvalue weighted by molar-refractivity contribution is 5.84. The molecule has 2 aromatic rings. The van der Waals surface area contributed by atoms with Gasteiger partial charge in [-0.1, -0.05) is 6.07 Å². The Hall–Kier alpha value is -3.90. The minimum atomic E-state index is -4.99. The van der Waals surface area contributed by atoms with Gasteiger partial charge in [-0.2, -0.15) is 18.3 Å². The van der Waals surface area contributed by atoms with Gasteiger partial charge in [-0.15, -0.1) is 0 Å². The SMILES string of the molecule is C/C(CCc1ccc2c(c1)OCO2)=N/Nc1c([N+](=O)[O-])cc(C(F)(F)F)cc1[N+](=O)[O-]. The summed E-state index contributed by atoms with van der Waals surface area (Å²) in [6.07, 6.45) is -4.11. The summed E-state index contributed by atoms with van der Waals surface area (Å²) >= 11 is 0. The van der Waals surface area contributed by atoms with Crippen molar-refractivity contribution in [2.24, 2.45) is 5.10 Å². The maximum absolute atomic E-state index is 13.0. The Labute approximate surface area is 172 Å². The van der Waals surface area contributed by atoms with Gasteiger partial charge in [0.25, 0.3) is 0 Å². The van der Waals surface area contributed by atoms with Crippen LogP contribution in [-0.2, 0) is 12.6 Å². The van der Waals surface area contributed by atoms with Gasteiger partial charge in [0.2, 0.25) is 12.5 Å². The molecule has 1 N–H and O–H groups in total. The van der Waals surface area contributed by atoms with E-state index in [0.717, 1.165) is 5.56 Å². The number of rotatable bonds is 7. The van der Waals surface area contributed by atoms with Crippen molar-refractivity contribution in [2.45, 2.75) is 25.9 Å². The van der Waals surface area contributed by atoms with Crippen molar-refractivity contribution >= 4 is 22.8 Å². The molecule has 1 heterocycles. The minimum absolute atomic E-state index is 0.133. The molecule has 2 aromatic carbocycles. The number of hydrogen-bond donors (Lipinski definition) is 1. The van der Waals surface area contributed by atoms with Gasteiger partial charge >= 0.3 is 17.6 Å². The topological polar surface area (TPSA) is 129 Å². The van der Waals surface area contributed by atoms with Crippen molar-refractivity contribution in [1.29, 1.82) is 0 Å². The van der Waals surface area contributed by atoms with E-state index in [9.17, 15) is 33.4 Å². The van der Waals surface area contributed by atoms with Gasteiger partial charge in [0.15, 0.2) is 11.5 Å². The zero-order chi connectivity index (χ0) is 22.8. The molecule has 164 valence electrons. The van der Waals surface area contributed by atoms with Gasteiger partial charge in [-0.3, -0.25) is 25.7 Å². The fraction of sp³-hybridized carbons (Fsp3) is 0.278. The quantitative estimate of drug-likeness (QED) is 0.376. The first kappa shape index (κ1) is 21.8. The van der Waals surface area contributed by atoms with E-state index in [1.54, 1.807) is 19.1 Å². The van der Waals surface area contributed by atoms with E-state index in [0.29, 0.717) is 30.1 Å². The predicted octanol–water partition coefficient (Wildman–Crippen LogP) is 4.67. The van der Waals surface area contributed by atoms with Crippen molar-refractivity contribution in [3.05, 3.63) is 61.7 Å². The number of nitro benzene ring substituents is 2. The number of benzene rings is 2. The zero-order valence-electron chi connectivity index (χ0n) is 15.9. The van der Waals surface area contributed by atoms with Crippen LogP contribution in [0.3, 0.4) is 0 Å². The van der Waals surface area contributed by atoms with Crippen LogP contribution < -0.4 is 14.9 Å². The second kappa shape index (κ2) is 8.45. The van der Waals surface area contributed by atoms with E-state index in [1.807, 2.05) is 6.07 Å². The Kier molecular flexibility index (Phi) is 5.95. The van der Waals surface area contributed by atoms with Gasteiger partial charge in [0, 0.05) is 17.8 Å². The van der Waals surface area contributed by atoms with Gasteiger partial charge in [-0.25, -0.2) is 0 Å². The average Bonchev–Trinajstić information content (AvgIpc) is 3.17. The Bertz CT molecular complexity index is 1040. The van der Waals surface area contributed by atoms with Crippen LogP contribution in [0.4, 0.5) is 30.2 Å². The number of fused-ring (bicyclic) bond motifs is 1. The van der Waals surface area contributed by atoms with Gasteiger partial charge in [-0.05, 0) is 37.5 Å². The zero-order valence-corrected chi connectivity index (χ0v) is 15.9. The number of aryl methyl sites for hydroxylation is 1. The normalized spacial score (nSPS) is 13.2. The molecule has 0 aliphatic carbocycles. The second-order valence-corrected chi connectivity index (χ2v) is 6.55. The number of nitrogens with zero attached hydrogens (tertiary/aromatic N) is 3. The molecule has 1 aliphatic rings. The Morgan fingerprint density at radius 3 is 2.29 bits per heavy atom. The molecule has 0 aromatic heterocycles. The lowest BCUT2D eigenvalue weighted by Crippen LogP contribution is -2.10. The first-order chi connectivity index (χ1) is 14.6. The summed E-state index contributed by atoms with van der Waals surface area (Å²) in [5.74, 6) is 1.22. The molecule has 0 atom stereocenters. The summed E-state index contributed by atoms with van der Waals surface area (Å²) in [5, 5.41) is 26.3. The maximum Gasteiger partial charge on any atom is 0.416 e. The van der Waals surface area contributed by atoms with Gasteiger partial charge in [0.05, 0.1) is 15.4 Å². The van der Waals surface area contributed by atoms with E-state index < -0.39 is 38.6 Å². The molecule has 10 nitrogen and oxygen atoms in total. The third kappa shape index (κ3) is 4.99. The number of hydrogen-bond acceptors (Lipinski definition) is 8. The van der Waals surface area contributed by atoms with Crippen LogP contribution in [0.15, 0.2) is 35.4 Å². The molecule has 13 heteroatoms. The van der Waals surface area contributed by atoms with Gasteiger partial charge < -0.3 is 9.47 Å². The number of hydrazone groups is 1. The van der Waals surface area contributed by atoms with E-state index in [-0.39, 0.29) is 18.9 Å². The van der Waals surface area contributed by atoms with Crippen molar-refractivity contribution < 1.29 is 32.5 Å². The molecule has 3 rings (SSSR count). The second-order valence-electron chi connectivity index (χ2n) is 6.55. The monoisotopic (exact) mass is 440 g/mol.